The first-order valence-corrected chi connectivity index (χ1v) is 9.04. The van der Waals surface area contributed by atoms with Crippen molar-refractivity contribution in [2.45, 2.75) is 20.3 Å². The summed E-state index contributed by atoms with van der Waals surface area (Å²) in [7, 11) is -2.97. The second-order valence-corrected chi connectivity index (χ2v) is 8.24. The van der Waals surface area contributed by atoms with Crippen molar-refractivity contribution in [3.63, 3.8) is 0 Å². The van der Waals surface area contributed by atoms with Crippen LogP contribution in [-0.2, 0) is 14.6 Å². The summed E-state index contributed by atoms with van der Waals surface area (Å²) in [5.41, 5.74) is 1.31. The number of sulfone groups is 1. The van der Waals surface area contributed by atoms with E-state index in [-0.39, 0.29) is 23.3 Å². The number of amides is 1. The molecule has 0 bridgehead atoms. The van der Waals surface area contributed by atoms with Crippen LogP contribution in [-0.4, -0.2) is 68.4 Å². The Bertz CT molecular complexity index is 487. The van der Waals surface area contributed by atoms with Crippen LogP contribution in [0.15, 0.2) is 11.6 Å². The van der Waals surface area contributed by atoms with Crippen LogP contribution in [0.25, 0.3) is 0 Å². The van der Waals surface area contributed by atoms with E-state index in [0.717, 1.165) is 19.6 Å². The van der Waals surface area contributed by atoms with Gasteiger partial charge in [-0.2, -0.15) is 0 Å². The van der Waals surface area contributed by atoms with Crippen LogP contribution in [0.1, 0.15) is 20.3 Å². The van der Waals surface area contributed by atoms with Gasteiger partial charge >= 0.3 is 0 Å². The molecule has 0 spiro atoms. The number of hydrogen-bond donors (Lipinski definition) is 0. The molecule has 0 aromatic heterocycles. The molecule has 1 amide bonds. The predicted molar refractivity (Wildman–Crippen MR) is 79.2 cm³/mol. The molecule has 2 rings (SSSR count). The van der Waals surface area contributed by atoms with Gasteiger partial charge in [-0.3, -0.25) is 9.69 Å². The maximum atomic E-state index is 12.3. The third kappa shape index (κ3) is 4.06. The quantitative estimate of drug-likeness (QED) is 0.714. The molecule has 0 aliphatic carbocycles. The van der Waals surface area contributed by atoms with E-state index in [4.69, 9.17) is 0 Å². The van der Waals surface area contributed by atoms with Gasteiger partial charge in [0.2, 0.25) is 5.91 Å². The van der Waals surface area contributed by atoms with E-state index < -0.39 is 9.84 Å². The van der Waals surface area contributed by atoms with Gasteiger partial charge in [0.15, 0.2) is 9.84 Å². The monoisotopic (exact) mass is 300 g/mol. The standard InChI is InChI=1S/C14H24N2O3S/c1-12(2)3-5-15-6-8-16(9-7-15)14(17)13-4-10-20(18,19)11-13/h3,13H,4-11H2,1-2H3/t13-/m1/s1. The molecule has 0 radical (unpaired) electrons. The second-order valence-electron chi connectivity index (χ2n) is 6.01. The SMILES string of the molecule is CC(C)=CCN1CCN(C(=O)[C@@H]2CCS(=O)(=O)C2)CC1. The van der Waals surface area contributed by atoms with Gasteiger partial charge in [0.05, 0.1) is 17.4 Å². The Morgan fingerprint density at radius 3 is 2.35 bits per heavy atom. The summed E-state index contributed by atoms with van der Waals surface area (Å²) in [6.07, 6.45) is 2.69. The van der Waals surface area contributed by atoms with Crippen LogP contribution < -0.4 is 0 Å². The van der Waals surface area contributed by atoms with E-state index >= 15 is 0 Å². The van der Waals surface area contributed by atoms with Crippen LogP contribution in [0.3, 0.4) is 0 Å². The van der Waals surface area contributed by atoms with Gasteiger partial charge in [0.1, 0.15) is 0 Å². The number of carbonyl (C=O) groups is 1. The summed E-state index contributed by atoms with van der Waals surface area (Å²) in [6.45, 7) is 8.27. The summed E-state index contributed by atoms with van der Waals surface area (Å²) in [5.74, 6) is -0.0504. The average Bonchev–Trinajstić information content (AvgIpc) is 2.76. The Morgan fingerprint density at radius 1 is 1.20 bits per heavy atom. The molecule has 5 nitrogen and oxygen atoms in total. The van der Waals surface area contributed by atoms with Gasteiger partial charge in [-0.1, -0.05) is 11.6 Å². The lowest BCUT2D eigenvalue weighted by Crippen LogP contribution is -2.50. The molecule has 20 heavy (non-hydrogen) atoms. The van der Waals surface area contributed by atoms with E-state index in [1.165, 1.54) is 5.57 Å². The van der Waals surface area contributed by atoms with Gasteiger partial charge < -0.3 is 4.90 Å². The highest BCUT2D eigenvalue weighted by Crippen LogP contribution is 2.21. The van der Waals surface area contributed by atoms with Crippen LogP contribution in [0.5, 0.6) is 0 Å². The third-order valence-electron chi connectivity index (χ3n) is 4.02. The summed E-state index contributed by atoms with van der Waals surface area (Å²) in [5, 5.41) is 0. The Kier molecular flexibility index (Phi) is 4.86. The van der Waals surface area contributed by atoms with Crippen molar-refractivity contribution >= 4 is 15.7 Å². The minimum Gasteiger partial charge on any atom is -0.340 e. The normalized spacial score (nSPS) is 26.5. The first-order valence-electron chi connectivity index (χ1n) is 7.22. The van der Waals surface area contributed by atoms with Crippen LogP contribution in [0.4, 0.5) is 0 Å². The molecule has 114 valence electrons. The summed E-state index contributed by atoms with van der Waals surface area (Å²) in [4.78, 5) is 16.5. The summed E-state index contributed by atoms with van der Waals surface area (Å²) in [6, 6.07) is 0. The van der Waals surface area contributed by atoms with Crippen molar-refractivity contribution < 1.29 is 13.2 Å². The molecule has 0 N–H and O–H groups in total. The van der Waals surface area contributed by atoms with Gasteiger partial charge in [-0.05, 0) is 20.3 Å². The number of rotatable bonds is 3. The van der Waals surface area contributed by atoms with E-state index in [2.05, 4.69) is 24.8 Å². The summed E-state index contributed by atoms with van der Waals surface area (Å²) < 4.78 is 22.9. The molecule has 2 aliphatic rings. The highest BCUT2D eigenvalue weighted by Gasteiger charge is 2.36. The number of nitrogens with zero attached hydrogens (tertiary/aromatic N) is 2. The largest absolute Gasteiger partial charge is 0.340 e. The first kappa shape index (κ1) is 15.5. The van der Waals surface area contributed by atoms with E-state index in [1.54, 1.807) is 0 Å². The minimum atomic E-state index is -2.97. The molecule has 0 aromatic rings. The van der Waals surface area contributed by atoms with Crippen molar-refractivity contribution in [2.75, 3.05) is 44.2 Å². The number of piperazine rings is 1. The highest BCUT2D eigenvalue weighted by molar-refractivity contribution is 7.91. The van der Waals surface area contributed by atoms with Gasteiger partial charge in [0.25, 0.3) is 0 Å². The lowest BCUT2D eigenvalue weighted by atomic mass is 10.1. The number of carbonyl (C=O) groups excluding carboxylic acids is 1. The van der Waals surface area contributed by atoms with Crippen LogP contribution >= 0.6 is 0 Å². The van der Waals surface area contributed by atoms with E-state index in [0.29, 0.717) is 19.5 Å². The predicted octanol–water partition coefficient (Wildman–Crippen LogP) is 0.532. The average molecular weight is 300 g/mol. The Labute approximate surface area is 121 Å². The summed E-state index contributed by atoms with van der Waals surface area (Å²) >= 11 is 0. The molecule has 2 fully saturated rings. The number of hydrogen-bond acceptors (Lipinski definition) is 4. The van der Waals surface area contributed by atoms with Crippen molar-refractivity contribution in [3.05, 3.63) is 11.6 Å². The smallest absolute Gasteiger partial charge is 0.226 e. The van der Waals surface area contributed by atoms with Crippen molar-refractivity contribution in [1.82, 2.24) is 9.80 Å². The lowest BCUT2D eigenvalue weighted by molar-refractivity contribution is -0.136. The van der Waals surface area contributed by atoms with E-state index in [9.17, 15) is 13.2 Å². The molecule has 0 saturated carbocycles. The number of allylic oxidation sites excluding steroid dienone is 1. The zero-order valence-corrected chi connectivity index (χ0v) is 13.2. The molecule has 2 saturated heterocycles. The Balaban J connectivity index is 1.82. The maximum absolute atomic E-state index is 12.3. The van der Waals surface area contributed by atoms with Crippen molar-refractivity contribution in [2.24, 2.45) is 5.92 Å². The maximum Gasteiger partial charge on any atom is 0.226 e. The molecule has 0 unspecified atom stereocenters. The minimum absolute atomic E-state index is 0.0351. The van der Waals surface area contributed by atoms with Crippen molar-refractivity contribution in [1.29, 1.82) is 0 Å². The topological polar surface area (TPSA) is 57.7 Å². The molecular formula is C14H24N2O3S. The van der Waals surface area contributed by atoms with Crippen LogP contribution in [0, 0.1) is 5.92 Å². The first-order chi connectivity index (χ1) is 9.37. The second kappa shape index (κ2) is 6.26. The van der Waals surface area contributed by atoms with Crippen LogP contribution in [0.2, 0.25) is 0 Å². The zero-order valence-electron chi connectivity index (χ0n) is 12.3. The molecule has 2 aliphatic heterocycles. The van der Waals surface area contributed by atoms with Crippen molar-refractivity contribution in [3.8, 4) is 0 Å². The molecule has 1 atom stereocenters. The third-order valence-corrected chi connectivity index (χ3v) is 5.79. The Morgan fingerprint density at radius 2 is 1.85 bits per heavy atom. The van der Waals surface area contributed by atoms with Gasteiger partial charge in [-0.25, -0.2) is 8.42 Å². The fourth-order valence-electron chi connectivity index (χ4n) is 2.71. The Hall–Kier alpha value is -0.880. The van der Waals surface area contributed by atoms with E-state index in [1.807, 2.05) is 4.90 Å². The fourth-order valence-corrected chi connectivity index (χ4v) is 4.44. The zero-order chi connectivity index (χ0) is 14.8. The fraction of sp³-hybridized carbons (Fsp3) is 0.786. The lowest BCUT2D eigenvalue weighted by Gasteiger charge is -2.35. The highest BCUT2D eigenvalue weighted by atomic mass is 32.2. The van der Waals surface area contributed by atoms with Gasteiger partial charge in [0, 0.05) is 32.7 Å². The molecular weight excluding hydrogens is 276 g/mol. The van der Waals surface area contributed by atoms with Gasteiger partial charge in [-0.15, -0.1) is 0 Å². The molecule has 6 heteroatoms. The molecule has 2 heterocycles. The molecule has 0 aromatic carbocycles.